The van der Waals surface area contributed by atoms with Crippen LogP contribution in [0.5, 0.6) is 0 Å². The summed E-state index contributed by atoms with van der Waals surface area (Å²) in [5, 5.41) is 0. The maximum atomic E-state index is 13.6. The highest BCUT2D eigenvalue weighted by atomic mass is 32.2. The summed E-state index contributed by atoms with van der Waals surface area (Å²) in [5.41, 5.74) is -0.441. The Labute approximate surface area is 148 Å². The molecule has 0 aromatic heterocycles. The van der Waals surface area contributed by atoms with Crippen molar-refractivity contribution in [1.29, 1.82) is 0 Å². The third kappa shape index (κ3) is 6.56. The molecule has 0 saturated carbocycles. The summed E-state index contributed by atoms with van der Waals surface area (Å²) in [6.07, 6.45) is -2.00. The molecule has 1 saturated heterocycles. The van der Waals surface area contributed by atoms with E-state index in [-0.39, 0.29) is 6.54 Å². The van der Waals surface area contributed by atoms with Gasteiger partial charge in [-0.2, -0.15) is 0 Å². The fourth-order valence-corrected chi connectivity index (χ4v) is 3.13. The van der Waals surface area contributed by atoms with Crippen molar-refractivity contribution in [2.24, 2.45) is 0 Å². The molecule has 146 valence electrons. The quantitative estimate of drug-likeness (QED) is 0.375. The number of hydrogen-bond donors (Lipinski definition) is 0. The lowest BCUT2D eigenvalue weighted by atomic mass is 10.1. The van der Waals surface area contributed by atoms with Crippen LogP contribution < -0.4 is 0 Å². The average Bonchev–Trinajstić information content (AvgIpc) is 2.52. The molecule has 0 amide bonds. The van der Waals surface area contributed by atoms with E-state index in [1.54, 1.807) is 4.90 Å². The van der Waals surface area contributed by atoms with Crippen molar-refractivity contribution in [1.82, 2.24) is 4.90 Å². The lowest BCUT2D eigenvalue weighted by Gasteiger charge is -2.30. The molecule has 11 heteroatoms. The Bertz CT molecular complexity index is 752. The summed E-state index contributed by atoms with van der Waals surface area (Å²) in [7, 11) is -4.68. The van der Waals surface area contributed by atoms with Crippen LogP contribution in [-0.2, 0) is 30.8 Å². The van der Waals surface area contributed by atoms with Gasteiger partial charge in [-0.3, -0.25) is 9.69 Å². The molecule has 1 aromatic carbocycles. The lowest BCUT2D eigenvalue weighted by molar-refractivity contribution is -0.148. The van der Waals surface area contributed by atoms with Crippen molar-refractivity contribution in [2.45, 2.75) is 12.5 Å². The second-order valence-corrected chi connectivity index (χ2v) is 7.23. The van der Waals surface area contributed by atoms with Gasteiger partial charge in [0.1, 0.15) is 11.9 Å². The van der Waals surface area contributed by atoms with Crippen LogP contribution in [0.25, 0.3) is 0 Å². The SMILES string of the molecule is O=C(Cc1cc(F)c(F)cc1F)OC(CN1CCOCC1)CS(=O)(=O)[O-]. The molecule has 0 aliphatic carbocycles. The van der Waals surface area contributed by atoms with Crippen LogP contribution in [0, 0.1) is 17.5 Å². The van der Waals surface area contributed by atoms with E-state index in [1.165, 1.54) is 0 Å². The van der Waals surface area contributed by atoms with Crippen molar-refractivity contribution < 1.29 is 40.4 Å². The van der Waals surface area contributed by atoms with Gasteiger partial charge in [-0.1, -0.05) is 0 Å². The molecule has 0 radical (unpaired) electrons. The maximum absolute atomic E-state index is 13.6. The minimum Gasteiger partial charge on any atom is -0.748 e. The number of rotatable bonds is 7. The highest BCUT2D eigenvalue weighted by Gasteiger charge is 2.23. The number of carbonyl (C=O) groups is 1. The van der Waals surface area contributed by atoms with E-state index in [1.807, 2.05) is 0 Å². The number of hydrogen-bond acceptors (Lipinski definition) is 7. The summed E-state index contributed by atoms with van der Waals surface area (Å²) in [4.78, 5) is 13.7. The number of nitrogens with zero attached hydrogens (tertiary/aromatic N) is 1. The lowest BCUT2D eigenvalue weighted by Crippen LogP contribution is -2.44. The van der Waals surface area contributed by atoms with Crippen LogP contribution >= 0.6 is 0 Å². The van der Waals surface area contributed by atoms with Gasteiger partial charge in [0, 0.05) is 31.3 Å². The number of halogens is 3. The predicted molar refractivity (Wildman–Crippen MR) is 81.7 cm³/mol. The summed E-state index contributed by atoms with van der Waals surface area (Å²) in [6, 6.07) is 0.818. The molecule has 1 aliphatic heterocycles. The summed E-state index contributed by atoms with van der Waals surface area (Å²) < 4.78 is 82.8. The standard InChI is InChI=1S/C15H18F3NO6S/c16-12-7-14(18)13(17)5-10(12)6-15(20)25-11(9-26(21,22)23)8-19-1-3-24-4-2-19/h5,7,11H,1-4,6,8-9H2,(H,21,22,23)/p-1. The highest BCUT2D eigenvalue weighted by Crippen LogP contribution is 2.15. The smallest absolute Gasteiger partial charge is 0.310 e. The van der Waals surface area contributed by atoms with Crippen LogP contribution in [0.2, 0.25) is 0 Å². The molecular weight excluding hydrogens is 379 g/mol. The number of carbonyl (C=O) groups excluding carboxylic acids is 1. The first-order chi connectivity index (χ1) is 12.1. The maximum Gasteiger partial charge on any atom is 0.310 e. The zero-order valence-electron chi connectivity index (χ0n) is 13.6. The third-order valence-corrected chi connectivity index (χ3v) is 4.46. The van der Waals surface area contributed by atoms with Crippen LogP contribution in [0.4, 0.5) is 13.2 Å². The predicted octanol–water partition coefficient (Wildman–Crippen LogP) is 0.436. The van der Waals surface area contributed by atoms with Gasteiger partial charge in [-0.05, 0) is 6.07 Å². The van der Waals surface area contributed by atoms with E-state index < -0.39 is 57.4 Å². The van der Waals surface area contributed by atoms with Gasteiger partial charge in [0.25, 0.3) is 0 Å². The third-order valence-electron chi connectivity index (χ3n) is 3.68. The molecule has 7 nitrogen and oxygen atoms in total. The van der Waals surface area contributed by atoms with Crippen LogP contribution in [0.1, 0.15) is 5.56 Å². The first-order valence-electron chi connectivity index (χ1n) is 7.70. The fraction of sp³-hybridized carbons (Fsp3) is 0.533. The summed E-state index contributed by atoms with van der Waals surface area (Å²) in [5.74, 6) is -5.88. The zero-order valence-corrected chi connectivity index (χ0v) is 14.4. The van der Waals surface area contributed by atoms with Crippen molar-refractivity contribution in [3.63, 3.8) is 0 Å². The Kier molecular flexibility index (Phi) is 6.98. The second-order valence-electron chi connectivity index (χ2n) is 5.78. The van der Waals surface area contributed by atoms with E-state index >= 15 is 0 Å². The summed E-state index contributed by atoms with van der Waals surface area (Å²) >= 11 is 0. The number of benzene rings is 1. The van der Waals surface area contributed by atoms with Crippen molar-refractivity contribution in [3.05, 3.63) is 35.1 Å². The Hall–Kier alpha value is -1.69. The van der Waals surface area contributed by atoms with Gasteiger partial charge in [0.05, 0.1) is 35.5 Å². The molecule has 0 bridgehead atoms. The average molecular weight is 396 g/mol. The van der Waals surface area contributed by atoms with Gasteiger partial charge >= 0.3 is 5.97 Å². The molecule has 26 heavy (non-hydrogen) atoms. The number of esters is 1. The minimum atomic E-state index is -4.68. The molecule has 0 N–H and O–H groups in total. The molecule has 1 fully saturated rings. The van der Waals surface area contributed by atoms with Crippen LogP contribution in [0.3, 0.4) is 0 Å². The van der Waals surface area contributed by atoms with E-state index in [0.29, 0.717) is 38.4 Å². The van der Waals surface area contributed by atoms with Gasteiger partial charge in [0.2, 0.25) is 0 Å². The number of morpholine rings is 1. The normalized spacial score (nSPS) is 17.1. The Morgan fingerprint density at radius 2 is 1.81 bits per heavy atom. The van der Waals surface area contributed by atoms with E-state index in [2.05, 4.69) is 0 Å². The molecule has 0 spiro atoms. The van der Waals surface area contributed by atoms with Crippen LogP contribution in [-0.4, -0.2) is 68.5 Å². The molecule has 2 rings (SSSR count). The Morgan fingerprint density at radius 3 is 2.42 bits per heavy atom. The van der Waals surface area contributed by atoms with Crippen LogP contribution in [0.15, 0.2) is 12.1 Å². The molecular formula is C15H17F3NO6S-. The molecule has 1 atom stereocenters. The molecule has 1 aromatic rings. The van der Waals surface area contributed by atoms with Crippen molar-refractivity contribution >= 4 is 16.1 Å². The van der Waals surface area contributed by atoms with E-state index in [4.69, 9.17) is 9.47 Å². The second kappa shape index (κ2) is 8.80. The Morgan fingerprint density at radius 1 is 1.19 bits per heavy atom. The van der Waals surface area contributed by atoms with Crippen molar-refractivity contribution in [3.8, 4) is 0 Å². The largest absolute Gasteiger partial charge is 0.748 e. The highest BCUT2D eigenvalue weighted by molar-refractivity contribution is 7.85. The molecule has 1 heterocycles. The Balaban J connectivity index is 2.03. The van der Waals surface area contributed by atoms with Gasteiger partial charge in [-0.25, -0.2) is 21.6 Å². The minimum absolute atomic E-state index is 0.0170. The first-order valence-corrected chi connectivity index (χ1v) is 9.28. The zero-order chi connectivity index (χ0) is 19.3. The number of ether oxygens (including phenoxy) is 2. The topological polar surface area (TPSA) is 96.0 Å². The van der Waals surface area contributed by atoms with Gasteiger partial charge in [0.15, 0.2) is 11.6 Å². The fourth-order valence-electron chi connectivity index (χ4n) is 2.51. The first kappa shape index (κ1) is 20.6. The van der Waals surface area contributed by atoms with Gasteiger partial charge in [-0.15, -0.1) is 0 Å². The summed E-state index contributed by atoms with van der Waals surface area (Å²) in [6.45, 7) is 1.72. The molecule has 1 aliphatic rings. The van der Waals surface area contributed by atoms with Crippen molar-refractivity contribution in [2.75, 3.05) is 38.6 Å². The van der Waals surface area contributed by atoms with Gasteiger partial charge < -0.3 is 14.0 Å². The van der Waals surface area contributed by atoms with E-state index in [9.17, 15) is 30.9 Å². The molecule has 1 unspecified atom stereocenters. The van der Waals surface area contributed by atoms with E-state index in [0.717, 1.165) is 0 Å². The monoisotopic (exact) mass is 396 g/mol.